The quantitative estimate of drug-likeness (QED) is 0.891. The molecule has 0 aliphatic carbocycles. The summed E-state index contributed by atoms with van der Waals surface area (Å²) in [5, 5.41) is 3.22. The molecule has 0 aromatic heterocycles. The number of ether oxygens (including phenoxy) is 1. The van der Waals surface area contributed by atoms with Crippen LogP contribution in [0.15, 0.2) is 53.4 Å². The minimum Gasteiger partial charge on any atom is -0.494 e. The first-order valence-electron chi connectivity index (χ1n) is 6.75. The highest BCUT2D eigenvalue weighted by Crippen LogP contribution is 2.18. The zero-order valence-electron chi connectivity index (χ0n) is 12.2. The van der Waals surface area contributed by atoms with Crippen molar-refractivity contribution in [2.75, 3.05) is 18.2 Å². The summed E-state index contributed by atoms with van der Waals surface area (Å²) in [4.78, 5) is 0.315. The fraction of sp³-hybridized carbons (Fsp3) is 0.250. The average molecular weight is 305 g/mol. The molecule has 0 aliphatic heterocycles. The van der Waals surface area contributed by atoms with E-state index in [-0.39, 0.29) is 0 Å². The Hall–Kier alpha value is -2.01. The van der Waals surface area contributed by atoms with Crippen molar-refractivity contribution in [2.24, 2.45) is 0 Å². The third-order valence-electron chi connectivity index (χ3n) is 2.97. The standard InChI is InChI=1S/C16H19NO3S/c1-3-20-15-8-4-6-13(10-15)12-17-14-7-5-9-16(11-14)21(2,18)19/h4-11,17H,3,12H2,1-2H3. The zero-order valence-corrected chi connectivity index (χ0v) is 13.0. The van der Waals surface area contributed by atoms with Gasteiger partial charge in [0.1, 0.15) is 5.75 Å². The minimum atomic E-state index is -3.18. The molecule has 0 fully saturated rings. The van der Waals surface area contributed by atoms with E-state index in [1.807, 2.05) is 37.3 Å². The Bertz CT molecular complexity index is 711. The Kier molecular flexibility index (Phi) is 4.85. The first-order valence-corrected chi connectivity index (χ1v) is 8.64. The largest absolute Gasteiger partial charge is 0.494 e. The number of hydrogen-bond donors (Lipinski definition) is 1. The number of rotatable bonds is 6. The Balaban J connectivity index is 2.08. The molecule has 2 aromatic carbocycles. The predicted molar refractivity (Wildman–Crippen MR) is 84.5 cm³/mol. The van der Waals surface area contributed by atoms with Crippen LogP contribution in [0.25, 0.3) is 0 Å². The lowest BCUT2D eigenvalue weighted by Gasteiger charge is -2.09. The third kappa shape index (κ3) is 4.49. The molecule has 0 radical (unpaired) electrons. The Labute approximate surface area is 125 Å². The summed E-state index contributed by atoms with van der Waals surface area (Å²) in [6, 6.07) is 14.6. The number of nitrogens with one attached hydrogen (secondary N) is 1. The summed E-state index contributed by atoms with van der Waals surface area (Å²) >= 11 is 0. The summed E-state index contributed by atoms with van der Waals surface area (Å²) in [5.41, 5.74) is 1.85. The van der Waals surface area contributed by atoms with Crippen molar-refractivity contribution in [3.63, 3.8) is 0 Å². The molecule has 5 heteroatoms. The normalized spacial score (nSPS) is 11.1. The third-order valence-corrected chi connectivity index (χ3v) is 4.08. The highest BCUT2D eigenvalue weighted by Gasteiger charge is 2.07. The van der Waals surface area contributed by atoms with E-state index in [1.165, 1.54) is 6.26 Å². The van der Waals surface area contributed by atoms with Crippen LogP contribution in [0.3, 0.4) is 0 Å². The van der Waals surface area contributed by atoms with E-state index in [4.69, 9.17) is 4.74 Å². The molecule has 112 valence electrons. The van der Waals surface area contributed by atoms with Gasteiger partial charge in [-0.15, -0.1) is 0 Å². The van der Waals surface area contributed by atoms with Gasteiger partial charge in [-0.1, -0.05) is 18.2 Å². The minimum absolute atomic E-state index is 0.315. The van der Waals surface area contributed by atoms with Crippen LogP contribution in [0.1, 0.15) is 12.5 Å². The van der Waals surface area contributed by atoms with E-state index in [1.54, 1.807) is 18.2 Å². The molecule has 2 aromatic rings. The van der Waals surface area contributed by atoms with Gasteiger partial charge >= 0.3 is 0 Å². The lowest BCUT2D eigenvalue weighted by Crippen LogP contribution is -2.02. The van der Waals surface area contributed by atoms with Crippen molar-refractivity contribution < 1.29 is 13.2 Å². The van der Waals surface area contributed by atoms with E-state index in [9.17, 15) is 8.42 Å². The average Bonchev–Trinajstić information content (AvgIpc) is 2.45. The fourth-order valence-electron chi connectivity index (χ4n) is 1.95. The van der Waals surface area contributed by atoms with Crippen LogP contribution in [-0.4, -0.2) is 21.3 Å². The maximum Gasteiger partial charge on any atom is 0.175 e. The fourth-order valence-corrected chi connectivity index (χ4v) is 2.62. The first kappa shape index (κ1) is 15.4. The Morgan fingerprint density at radius 1 is 1.10 bits per heavy atom. The van der Waals surface area contributed by atoms with Gasteiger partial charge in [-0.25, -0.2) is 8.42 Å². The van der Waals surface area contributed by atoms with Crippen molar-refractivity contribution >= 4 is 15.5 Å². The topological polar surface area (TPSA) is 55.4 Å². The second-order valence-electron chi connectivity index (χ2n) is 4.73. The molecule has 0 aliphatic rings. The van der Waals surface area contributed by atoms with Gasteiger partial charge in [0.15, 0.2) is 9.84 Å². The van der Waals surface area contributed by atoms with Crippen LogP contribution in [0.5, 0.6) is 5.75 Å². The molecule has 0 amide bonds. The van der Waals surface area contributed by atoms with Crippen LogP contribution in [-0.2, 0) is 16.4 Å². The highest BCUT2D eigenvalue weighted by atomic mass is 32.2. The predicted octanol–water partition coefficient (Wildman–Crippen LogP) is 3.10. The molecule has 0 heterocycles. The lowest BCUT2D eigenvalue weighted by atomic mass is 10.2. The van der Waals surface area contributed by atoms with Crippen LogP contribution >= 0.6 is 0 Å². The van der Waals surface area contributed by atoms with Crippen molar-refractivity contribution in [3.8, 4) is 5.75 Å². The van der Waals surface area contributed by atoms with E-state index in [2.05, 4.69) is 5.32 Å². The molecule has 0 saturated carbocycles. The molecule has 4 nitrogen and oxygen atoms in total. The zero-order chi connectivity index (χ0) is 15.3. The van der Waals surface area contributed by atoms with Gasteiger partial charge in [0.2, 0.25) is 0 Å². The Morgan fingerprint density at radius 2 is 1.86 bits per heavy atom. The summed E-state index contributed by atoms with van der Waals surface area (Å²) in [6.45, 7) is 3.18. The molecule has 0 bridgehead atoms. The number of benzene rings is 2. The van der Waals surface area contributed by atoms with E-state index in [0.29, 0.717) is 18.0 Å². The van der Waals surface area contributed by atoms with Crippen LogP contribution in [0, 0.1) is 0 Å². The summed E-state index contributed by atoms with van der Waals surface area (Å²) < 4.78 is 28.5. The SMILES string of the molecule is CCOc1cccc(CNc2cccc(S(C)(=O)=O)c2)c1. The highest BCUT2D eigenvalue weighted by molar-refractivity contribution is 7.90. The summed E-state index contributed by atoms with van der Waals surface area (Å²) in [5.74, 6) is 0.835. The molecule has 2 rings (SSSR count). The second kappa shape index (κ2) is 6.63. The van der Waals surface area contributed by atoms with Crippen LogP contribution < -0.4 is 10.1 Å². The van der Waals surface area contributed by atoms with Crippen LogP contribution in [0.2, 0.25) is 0 Å². The van der Waals surface area contributed by atoms with E-state index in [0.717, 1.165) is 17.0 Å². The molecule has 1 N–H and O–H groups in total. The van der Waals surface area contributed by atoms with Gasteiger partial charge in [-0.2, -0.15) is 0 Å². The van der Waals surface area contributed by atoms with Crippen LogP contribution in [0.4, 0.5) is 5.69 Å². The Morgan fingerprint density at radius 3 is 2.57 bits per heavy atom. The maximum atomic E-state index is 11.5. The molecule has 0 atom stereocenters. The lowest BCUT2D eigenvalue weighted by molar-refractivity contribution is 0.340. The van der Waals surface area contributed by atoms with Crippen molar-refractivity contribution in [2.45, 2.75) is 18.4 Å². The molecule has 0 spiro atoms. The van der Waals surface area contributed by atoms with Crippen molar-refractivity contribution in [1.29, 1.82) is 0 Å². The first-order chi connectivity index (χ1) is 9.99. The van der Waals surface area contributed by atoms with Gasteiger partial charge in [0.25, 0.3) is 0 Å². The number of anilines is 1. The molecule has 0 unspecified atom stereocenters. The van der Waals surface area contributed by atoms with Gasteiger partial charge in [-0.3, -0.25) is 0 Å². The molecular formula is C16H19NO3S. The number of hydrogen-bond acceptors (Lipinski definition) is 4. The van der Waals surface area contributed by atoms with Gasteiger partial charge in [-0.05, 0) is 42.8 Å². The number of sulfone groups is 1. The van der Waals surface area contributed by atoms with E-state index < -0.39 is 9.84 Å². The van der Waals surface area contributed by atoms with Crippen molar-refractivity contribution in [1.82, 2.24) is 0 Å². The molecular weight excluding hydrogens is 286 g/mol. The van der Waals surface area contributed by atoms with Crippen molar-refractivity contribution in [3.05, 3.63) is 54.1 Å². The summed E-state index contributed by atoms with van der Waals surface area (Å²) in [6.07, 6.45) is 1.21. The van der Waals surface area contributed by atoms with Gasteiger partial charge < -0.3 is 10.1 Å². The van der Waals surface area contributed by atoms with Gasteiger partial charge in [0, 0.05) is 18.5 Å². The smallest absolute Gasteiger partial charge is 0.175 e. The molecule has 0 saturated heterocycles. The van der Waals surface area contributed by atoms with Gasteiger partial charge in [0.05, 0.1) is 11.5 Å². The maximum absolute atomic E-state index is 11.5. The second-order valence-corrected chi connectivity index (χ2v) is 6.75. The van der Waals surface area contributed by atoms with E-state index >= 15 is 0 Å². The molecule has 21 heavy (non-hydrogen) atoms. The summed E-state index contributed by atoms with van der Waals surface area (Å²) in [7, 11) is -3.18. The monoisotopic (exact) mass is 305 g/mol.